The second kappa shape index (κ2) is 5.88. The fourth-order valence-electron chi connectivity index (χ4n) is 2.78. The average Bonchev–Trinajstić information content (AvgIpc) is 2.99. The van der Waals surface area contributed by atoms with Crippen LogP contribution >= 0.6 is 27.3 Å². The van der Waals surface area contributed by atoms with E-state index in [1.54, 1.807) is 7.11 Å². The molecule has 1 aliphatic carbocycles. The van der Waals surface area contributed by atoms with Crippen molar-refractivity contribution >= 4 is 27.3 Å². The highest BCUT2D eigenvalue weighted by molar-refractivity contribution is 9.10. The smallest absolute Gasteiger partial charge is 0.122 e. The Bertz CT molecular complexity index is 601. The van der Waals surface area contributed by atoms with E-state index in [9.17, 15) is 0 Å². The van der Waals surface area contributed by atoms with E-state index >= 15 is 0 Å². The molecule has 1 unspecified atom stereocenters. The summed E-state index contributed by atoms with van der Waals surface area (Å²) in [4.78, 5) is 2.84. The van der Waals surface area contributed by atoms with Gasteiger partial charge >= 0.3 is 0 Å². The van der Waals surface area contributed by atoms with E-state index in [2.05, 4.69) is 28.1 Å². The number of thiophene rings is 1. The molecular weight excluding hydrogens is 334 g/mol. The fraction of sp³-hybridized carbons (Fsp3) is 0.375. The van der Waals surface area contributed by atoms with E-state index in [1.807, 2.05) is 23.5 Å². The average molecular weight is 352 g/mol. The molecule has 2 nitrogen and oxygen atoms in total. The highest BCUT2D eigenvalue weighted by atomic mass is 79.9. The molecule has 3 rings (SSSR count). The first-order valence-electron chi connectivity index (χ1n) is 6.87. The lowest BCUT2D eigenvalue weighted by Gasteiger charge is -2.13. The molecule has 1 aromatic heterocycles. The number of hydrogen-bond acceptors (Lipinski definition) is 3. The lowest BCUT2D eigenvalue weighted by atomic mass is 10.0. The molecule has 1 aromatic carbocycles. The number of methoxy groups -OCH3 is 1. The molecule has 1 heterocycles. The lowest BCUT2D eigenvalue weighted by Crippen LogP contribution is -2.12. The van der Waals surface area contributed by atoms with Crippen molar-refractivity contribution in [3.63, 3.8) is 0 Å². The normalized spacial score (nSPS) is 15.2. The third kappa shape index (κ3) is 2.78. The zero-order valence-electron chi connectivity index (χ0n) is 11.5. The van der Waals surface area contributed by atoms with Crippen molar-refractivity contribution in [1.29, 1.82) is 0 Å². The van der Waals surface area contributed by atoms with Gasteiger partial charge in [-0.25, -0.2) is 0 Å². The van der Waals surface area contributed by atoms with Crippen molar-refractivity contribution in [2.75, 3.05) is 7.11 Å². The van der Waals surface area contributed by atoms with E-state index < -0.39 is 0 Å². The number of rotatable bonds is 4. The van der Waals surface area contributed by atoms with Crippen LogP contribution in [0.4, 0.5) is 0 Å². The van der Waals surface area contributed by atoms with Gasteiger partial charge in [0.25, 0.3) is 0 Å². The quantitative estimate of drug-likeness (QED) is 0.893. The lowest BCUT2D eigenvalue weighted by molar-refractivity contribution is 0.408. The van der Waals surface area contributed by atoms with E-state index in [0.717, 1.165) is 22.2 Å². The Morgan fingerprint density at radius 3 is 2.95 bits per heavy atom. The van der Waals surface area contributed by atoms with Gasteiger partial charge in [0.2, 0.25) is 0 Å². The van der Waals surface area contributed by atoms with Crippen LogP contribution in [0.5, 0.6) is 5.75 Å². The van der Waals surface area contributed by atoms with Crippen molar-refractivity contribution in [2.24, 2.45) is 5.73 Å². The summed E-state index contributed by atoms with van der Waals surface area (Å²) in [6.45, 7) is 0. The summed E-state index contributed by atoms with van der Waals surface area (Å²) >= 11 is 5.40. The molecule has 1 aliphatic rings. The summed E-state index contributed by atoms with van der Waals surface area (Å²) in [5, 5.41) is 0. The van der Waals surface area contributed by atoms with Gasteiger partial charge in [-0.1, -0.05) is 15.9 Å². The number of halogens is 1. The Balaban J connectivity index is 1.81. The second-order valence-corrected chi connectivity index (χ2v) is 7.30. The Kier molecular flexibility index (Phi) is 4.15. The number of benzene rings is 1. The van der Waals surface area contributed by atoms with Gasteiger partial charge < -0.3 is 10.5 Å². The minimum Gasteiger partial charge on any atom is -0.496 e. The molecule has 0 aliphatic heterocycles. The molecule has 2 aromatic rings. The van der Waals surface area contributed by atoms with Crippen molar-refractivity contribution in [2.45, 2.75) is 31.7 Å². The van der Waals surface area contributed by atoms with E-state index in [-0.39, 0.29) is 6.04 Å². The van der Waals surface area contributed by atoms with Crippen LogP contribution in [-0.4, -0.2) is 7.11 Å². The van der Waals surface area contributed by atoms with E-state index in [0.29, 0.717) is 0 Å². The minimum absolute atomic E-state index is 0.0498. The topological polar surface area (TPSA) is 35.2 Å². The number of aryl methyl sites for hydroxylation is 2. The van der Waals surface area contributed by atoms with Crippen LogP contribution < -0.4 is 10.5 Å². The predicted octanol–water partition coefficient (Wildman–Crippen LogP) is 4.25. The fourth-order valence-corrected chi connectivity index (χ4v) is 4.45. The summed E-state index contributed by atoms with van der Waals surface area (Å²) in [7, 11) is 1.71. The first kappa shape index (κ1) is 14.1. The maximum atomic E-state index is 6.40. The van der Waals surface area contributed by atoms with Crippen LogP contribution in [0.25, 0.3) is 0 Å². The third-order valence-electron chi connectivity index (χ3n) is 3.81. The third-order valence-corrected chi connectivity index (χ3v) is 5.68. The van der Waals surface area contributed by atoms with Crippen molar-refractivity contribution in [1.82, 2.24) is 0 Å². The van der Waals surface area contributed by atoms with Gasteiger partial charge in [0.1, 0.15) is 5.75 Å². The molecule has 0 spiro atoms. The maximum Gasteiger partial charge on any atom is 0.122 e. The summed E-state index contributed by atoms with van der Waals surface area (Å²) in [6.07, 6.45) is 4.56. The van der Waals surface area contributed by atoms with Gasteiger partial charge in [-0.05, 0) is 61.1 Å². The molecule has 0 amide bonds. The standard InChI is InChI=1S/C16H18BrNOS/c1-19-14-6-5-12(17)7-11(14)8-13(18)16-9-10-3-2-4-15(10)20-16/h5-7,9,13H,2-4,8,18H2,1H3. The predicted molar refractivity (Wildman–Crippen MR) is 87.7 cm³/mol. The Labute approximate surface area is 132 Å². The van der Waals surface area contributed by atoms with Gasteiger partial charge in [-0.2, -0.15) is 0 Å². The Morgan fingerprint density at radius 2 is 2.20 bits per heavy atom. The number of fused-ring (bicyclic) bond motifs is 1. The molecule has 4 heteroatoms. The van der Waals surface area contributed by atoms with Crippen LogP contribution in [0.15, 0.2) is 28.7 Å². The SMILES string of the molecule is COc1ccc(Br)cc1CC(N)c1cc2c(s1)CCC2. The molecule has 2 N–H and O–H groups in total. The van der Waals surface area contributed by atoms with Crippen LogP contribution in [0.2, 0.25) is 0 Å². The van der Waals surface area contributed by atoms with Crippen LogP contribution in [0.3, 0.4) is 0 Å². The highest BCUT2D eigenvalue weighted by Crippen LogP contribution is 2.35. The number of ether oxygens (including phenoxy) is 1. The summed E-state index contributed by atoms with van der Waals surface area (Å²) in [5.41, 5.74) is 9.07. The molecule has 0 saturated heterocycles. The van der Waals surface area contributed by atoms with Gasteiger partial charge in [0.15, 0.2) is 0 Å². The zero-order valence-corrected chi connectivity index (χ0v) is 13.9. The van der Waals surface area contributed by atoms with Gasteiger partial charge in [0.05, 0.1) is 7.11 Å². The molecule has 0 bridgehead atoms. The largest absolute Gasteiger partial charge is 0.496 e. The van der Waals surface area contributed by atoms with Gasteiger partial charge in [-0.3, -0.25) is 0 Å². The Hall–Kier alpha value is -0.840. The van der Waals surface area contributed by atoms with Crippen molar-refractivity contribution < 1.29 is 4.74 Å². The molecule has 20 heavy (non-hydrogen) atoms. The van der Waals surface area contributed by atoms with Crippen LogP contribution in [-0.2, 0) is 19.3 Å². The maximum absolute atomic E-state index is 6.40. The first-order chi connectivity index (χ1) is 9.67. The number of hydrogen-bond donors (Lipinski definition) is 1. The van der Waals surface area contributed by atoms with Crippen molar-refractivity contribution in [3.8, 4) is 5.75 Å². The summed E-state index contributed by atoms with van der Waals surface area (Å²) < 4.78 is 6.49. The first-order valence-corrected chi connectivity index (χ1v) is 8.48. The second-order valence-electron chi connectivity index (χ2n) is 5.22. The van der Waals surface area contributed by atoms with Crippen LogP contribution in [0, 0.1) is 0 Å². The Morgan fingerprint density at radius 1 is 1.35 bits per heavy atom. The molecule has 0 saturated carbocycles. The minimum atomic E-state index is 0.0498. The van der Waals surface area contributed by atoms with E-state index in [1.165, 1.54) is 34.6 Å². The van der Waals surface area contributed by atoms with Gasteiger partial charge in [-0.15, -0.1) is 11.3 Å². The van der Waals surface area contributed by atoms with Gasteiger partial charge in [0, 0.05) is 20.3 Å². The molecular formula is C16H18BrNOS. The van der Waals surface area contributed by atoms with Crippen molar-refractivity contribution in [3.05, 3.63) is 49.6 Å². The van der Waals surface area contributed by atoms with E-state index in [4.69, 9.17) is 10.5 Å². The molecule has 1 atom stereocenters. The molecule has 106 valence electrons. The summed E-state index contributed by atoms with van der Waals surface area (Å²) in [6, 6.07) is 8.43. The highest BCUT2D eigenvalue weighted by Gasteiger charge is 2.19. The monoisotopic (exact) mass is 351 g/mol. The molecule has 0 fully saturated rings. The summed E-state index contributed by atoms with van der Waals surface area (Å²) in [5.74, 6) is 0.910. The van der Waals surface area contributed by atoms with Crippen LogP contribution in [0.1, 0.15) is 33.3 Å². The number of nitrogens with two attached hydrogens (primary N) is 1. The molecule has 0 radical (unpaired) electrons. The zero-order chi connectivity index (χ0) is 14.1.